The predicted octanol–water partition coefficient (Wildman–Crippen LogP) is 1.15. The first-order valence-electron chi connectivity index (χ1n) is 4.57. The van der Waals surface area contributed by atoms with E-state index < -0.39 is 9.80 Å². The number of hydrogen-bond donors (Lipinski definition) is 1. The largest absolute Gasteiger partial charge is 0.314 e. The van der Waals surface area contributed by atoms with E-state index in [9.17, 15) is 4.21 Å². The molecule has 0 bridgehead atoms. The van der Waals surface area contributed by atoms with Crippen LogP contribution in [0.5, 0.6) is 0 Å². The Morgan fingerprint density at radius 3 is 2.38 bits per heavy atom. The lowest BCUT2D eigenvalue weighted by atomic mass is 10.1. The molecule has 0 heterocycles. The van der Waals surface area contributed by atoms with Crippen LogP contribution >= 0.6 is 0 Å². The molecule has 0 aromatic heterocycles. The highest BCUT2D eigenvalue weighted by Crippen LogP contribution is 2.00. The van der Waals surface area contributed by atoms with Crippen molar-refractivity contribution in [1.29, 1.82) is 0 Å². The fourth-order valence-corrected chi connectivity index (χ4v) is 1.49. The Hall–Kier alpha value is -0.0600. The Kier molecular flexibility index (Phi) is 5.60. The molecule has 0 saturated heterocycles. The van der Waals surface area contributed by atoms with Crippen LogP contribution in [0.2, 0.25) is 0 Å². The summed E-state index contributed by atoms with van der Waals surface area (Å²) in [7, 11) is -0.834. The molecule has 13 heavy (non-hydrogen) atoms. The quantitative estimate of drug-likeness (QED) is 0.664. The van der Waals surface area contributed by atoms with Crippen LogP contribution in [0.4, 0.5) is 0 Å². The van der Waals surface area contributed by atoms with Gasteiger partial charge in [0.25, 0.3) is 0 Å². The van der Waals surface area contributed by atoms with Gasteiger partial charge in [0, 0.05) is 6.54 Å². The van der Waals surface area contributed by atoms with Crippen molar-refractivity contribution in [1.82, 2.24) is 4.90 Å². The zero-order valence-corrected chi connectivity index (χ0v) is 9.64. The van der Waals surface area contributed by atoms with Gasteiger partial charge in [0.1, 0.15) is 0 Å². The van der Waals surface area contributed by atoms with Crippen LogP contribution in [0.15, 0.2) is 0 Å². The van der Waals surface area contributed by atoms with E-state index in [0.29, 0.717) is 12.5 Å². The van der Waals surface area contributed by atoms with E-state index in [-0.39, 0.29) is 5.75 Å². The lowest BCUT2D eigenvalue weighted by molar-refractivity contribution is 0.325. The lowest BCUT2D eigenvalue weighted by Crippen LogP contribution is -2.27. The Morgan fingerprint density at radius 2 is 2.00 bits per heavy atom. The molecule has 0 saturated carbocycles. The van der Waals surface area contributed by atoms with Gasteiger partial charge in [-0.2, -0.15) is 0 Å². The summed E-state index contributed by atoms with van der Waals surface area (Å²) in [5.74, 6) is 4.14. The summed E-state index contributed by atoms with van der Waals surface area (Å²) in [6.07, 6.45) is 1.13. The van der Waals surface area contributed by atoms with E-state index in [2.05, 4.69) is 24.6 Å². The average Bonchev–Trinajstić information content (AvgIpc) is 1.95. The number of nitrogens with zero attached hydrogens (tertiary/aromatic N) is 1. The molecule has 0 spiro atoms. The minimum atomic E-state index is -2.80. The second-order valence-corrected chi connectivity index (χ2v) is 5.92. The molecule has 3 nitrogen and oxygen atoms in total. The van der Waals surface area contributed by atoms with Crippen molar-refractivity contribution in [3.05, 3.63) is 0 Å². The number of rotatable bonds is 6. The van der Waals surface area contributed by atoms with Gasteiger partial charge in [-0.15, -0.1) is 0 Å². The van der Waals surface area contributed by atoms with Gasteiger partial charge in [-0.05, 0) is 31.8 Å². The lowest BCUT2D eigenvalue weighted by Gasteiger charge is -2.17. The average molecular weight is 207 g/mol. The molecule has 80 valence electrons. The van der Waals surface area contributed by atoms with Crippen LogP contribution in [0.25, 0.3) is 0 Å². The standard InChI is InChI=1S/C9H21NO2S/c1-9(2)5-6-10(3)7-8-13(4,11)12/h9H,4-8H2,1-3H3,(H,11,12). The maximum Gasteiger partial charge on any atom is 0.0758 e. The zero-order chi connectivity index (χ0) is 10.5. The van der Waals surface area contributed by atoms with Gasteiger partial charge in [0.2, 0.25) is 0 Å². The van der Waals surface area contributed by atoms with Crippen LogP contribution in [-0.2, 0) is 9.80 Å². The van der Waals surface area contributed by atoms with E-state index in [0.717, 1.165) is 13.0 Å². The molecular weight excluding hydrogens is 186 g/mol. The monoisotopic (exact) mass is 207 g/mol. The third kappa shape index (κ3) is 9.86. The Morgan fingerprint density at radius 1 is 1.46 bits per heavy atom. The van der Waals surface area contributed by atoms with Gasteiger partial charge in [-0.25, -0.2) is 4.21 Å². The van der Waals surface area contributed by atoms with E-state index in [1.54, 1.807) is 0 Å². The fraction of sp³-hybridized carbons (Fsp3) is 0.889. The summed E-state index contributed by atoms with van der Waals surface area (Å²) in [6.45, 7) is 5.97. The summed E-state index contributed by atoms with van der Waals surface area (Å²) in [5, 5.41) is 0. The highest BCUT2D eigenvalue weighted by Gasteiger charge is 2.03. The highest BCUT2D eigenvalue weighted by molar-refractivity contribution is 7.95. The summed E-state index contributed by atoms with van der Waals surface area (Å²) >= 11 is 0. The van der Waals surface area contributed by atoms with Gasteiger partial charge in [0.15, 0.2) is 0 Å². The SMILES string of the molecule is C=S(=O)(O)CCN(C)CCC(C)C. The molecule has 0 fully saturated rings. The molecular formula is C9H21NO2S. The van der Waals surface area contributed by atoms with E-state index in [1.165, 1.54) is 0 Å². The fourth-order valence-electron chi connectivity index (χ4n) is 0.889. The highest BCUT2D eigenvalue weighted by atomic mass is 32.2. The second kappa shape index (κ2) is 5.62. The van der Waals surface area contributed by atoms with Crippen LogP contribution in [0.1, 0.15) is 20.3 Å². The molecule has 0 radical (unpaired) electrons. The van der Waals surface area contributed by atoms with E-state index >= 15 is 0 Å². The minimum absolute atomic E-state index is 0.265. The minimum Gasteiger partial charge on any atom is -0.314 e. The Bertz CT molecular complexity index is 222. The summed E-state index contributed by atoms with van der Waals surface area (Å²) in [5.41, 5.74) is 0. The van der Waals surface area contributed by atoms with Crippen LogP contribution in [-0.4, -0.2) is 45.4 Å². The molecule has 1 N–H and O–H groups in total. The number of hydrogen-bond acceptors (Lipinski definition) is 2. The Labute approximate surface area is 82.0 Å². The van der Waals surface area contributed by atoms with E-state index in [4.69, 9.17) is 4.55 Å². The molecule has 0 aliphatic heterocycles. The first-order valence-corrected chi connectivity index (χ1v) is 6.42. The topological polar surface area (TPSA) is 40.5 Å². The molecule has 0 amide bonds. The molecule has 0 aromatic rings. The van der Waals surface area contributed by atoms with Gasteiger partial charge < -0.3 is 9.45 Å². The molecule has 0 aliphatic rings. The second-order valence-electron chi connectivity index (χ2n) is 3.96. The zero-order valence-electron chi connectivity index (χ0n) is 8.82. The summed E-state index contributed by atoms with van der Waals surface area (Å²) < 4.78 is 19.8. The maximum atomic E-state index is 10.8. The molecule has 0 rings (SSSR count). The van der Waals surface area contributed by atoms with Crippen molar-refractivity contribution < 1.29 is 8.76 Å². The molecule has 4 heteroatoms. The van der Waals surface area contributed by atoms with Gasteiger partial charge in [0.05, 0.1) is 15.6 Å². The van der Waals surface area contributed by atoms with Gasteiger partial charge in [-0.1, -0.05) is 13.8 Å². The van der Waals surface area contributed by atoms with Crippen LogP contribution < -0.4 is 0 Å². The van der Waals surface area contributed by atoms with Crippen molar-refractivity contribution in [2.24, 2.45) is 5.92 Å². The van der Waals surface area contributed by atoms with Crippen LogP contribution in [0.3, 0.4) is 0 Å². The first-order chi connectivity index (χ1) is 5.81. The molecule has 1 unspecified atom stereocenters. The van der Waals surface area contributed by atoms with Gasteiger partial charge in [-0.3, -0.25) is 0 Å². The first kappa shape index (κ1) is 12.9. The van der Waals surface area contributed by atoms with Crippen LogP contribution in [0, 0.1) is 5.92 Å². The molecule has 1 atom stereocenters. The normalized spacial score (nSPS) is 16.5. The third-order valence-corrected chi connectivity index (χ3v) is 2.70. The maximum absolute atomic E-state index is 10.8. The molecule has 0 aromatic carbocycles. The van der Waals surface area contributed by atoms with Crippen molar-refractivity contribution in [3.8, 4) is 0 Å². The van der Waals surface area contributed by atoms with Crippen molar-refractivity contribution in [2.45, 2.75) is 20.3 Å². The van der Waals surface area contributed by atoms with Crippen molar-refractivity contribution in [2.75, 3.05) is 25.9 Å². The third-order valence-electron chi connectivity index (χ3n) is 1.88. The Balaban J connectivity index is 3.58. The predicted molar refractivity (Wildman–Crippen MR) is 59.7 cm³/mol. The van der Waals surface area contributed by atoms with E-state index in [1.807, 2.05) is 7.05 Å². The van der Waals surface area contributed by atoms with Crippen molar-refractivity contribution >= 4 is 15.7 Å². The summed E-state index contributed by atoms with van der Waals surface area (Å²) in [4.78, 5) is 2.07. The van der Waals surface area contributed by atoms with Gasteiger partial charge >= 0.3 is 0 Å². The summed E-state index contributed by atoms with van der Waals surface area (Å²) in [6, 6.07) is 0. The molecule has 0 aliphatic carbocycles. The smallest absolute Gasteiger partial charge is 0.0758 e. The van der Waals surface area contributed by atoms with Crippen molar-refractivity contribution in [3.63, 3.8) is 0 Å².